The molecule has 0 saturated carbocycles. The average molecular weight is 287 g/mol. The van der Waals surface area contributed by atoms with Crippen LogP contribution in [0.3, 0.4) is 0 Å². The van der Waals surface area contributed by atoms with Crippen molar-refractivity contribution in [1.82, 2.24) is 0 Å². The summed E-state index contributed by atoms with van der Waals surface area (Å²) in [5.41, 5.74) is 1.94. The Labute approximate surface area is 132 Å². The van der Waals surface area contributed by atoms with Gasteiger partial charge >= 0.3 is 0 Å². The number of nitrogens with zero attached hydrogens (tertiary/aromatic N) is 1. The Morgan fingerprint density at radius 3 is 1.86 bits per heavy atom. The molecule has 1 aromatic rings. The second kappa shape index (κ2) is 18.1. The Morgan fingerprint density at radius 1 is 1.00 bits per heavy atom. The van der Waals surface area contributed by atoms with Crippen LogP contribution in [0.15, 0.2) is 53.2 Å². The number of allylic oxidation sites excluding steroid dienone is 2. The van der Waals surface area contributed by atoms with Crippen LogP contribution in [0.4, 0.5) is 0 Å². The van der Waals surface area contributed by atoms with E-state index in [4.69, 9.17) is 0 Å². The van der Waals surface area contributed by atoms with Crippen LogP contribution in [0.2, 0.25) is 0 Å². The summed E-state index contributed by atoms with van der Waals surface area (Å²) in [7, 11) is 0. The number of aliphatic imine (C=N–C) groups is 1. The molecule has 118 valence electrons. The van der Waals surface area contributed by atoms with Crippen molar-refractivity contribution >= 4 is 19.4 Å². The van der Waals surface area contributed by atoms with E-state index in [9.17, 15) is 0 Å². The summed E-state index contributed by atoms with van der Waals surface area (Å²) in [6.45, 7) is 25.2. The molecule has 21 heavy (non-hydrogen) atoms. The molecule has 0 atom stereocenters. The van der Waals surface area contributed by atoms with Crippen LogP contribution >= 0.6 is 0 Å². The zero-order chi connectivity index (χ0) is 17.3. The summed E-state index contributed by atoms with van der Waals surface area (Å²) in [6.07, 6.45) is 3.72. The van der Waals surface area contributed by atoms with Gasteiger partial charge in [-0.3, -0.25) is 4.99 Å². The number of benzene rings is 1. The lowest BCUT2D eigenvalue weighted by atomic mass is 10.1. The lowest BCUT2D eigenvalue weighted by molar-refractivity contribution is 1.42. The van der Waals surface area contributed by atoms with Gasteiger partial charge in [-0.2, -0.15) is 0 Å². The fourth-order valence-electron chi connectivity index (χ4n) is 1.21. The Balaban J connectivity index is -0.000000478. The fourth-order valence-corrected chi connectivity index (χ4v) is 1.21. The molecule has 1 heteroatoms. The van der Waals surface area contributed by atoms with E-state index in [2.05, 4.69) is 24.9 Å². The molecule has 0 aromatic heterocycles. The van der Waals surface area contributed by atoms with Crippen LogP contribution < -0.4 is 10.4 Å². The van der Waals surface area contributed by atoms with E-state index in [-0.39, 0.29) is 0 Å². The lowest BCUT2D eigenvalue weighted by Crippen LogP contribution is -2.21. The predicted octanol–water partition coefficient (Wildman–Crippen LogP) is 5.12. The molecule has 0 bridgehead atoms. The third kappa shape index (κ3) is 11.6. The zero-order valence-corrected chi connectivity index (χ0v) is 15.0. The van der Waals surface area contributed by atoms with Gasteiger partial charge in [0.25, 0.3) is 0 Å². The topological polar surface area (TPSA) is 12.4 Å². The van der Waals surface area contributed by atoms with Crippen molar-refractivity contribution in [3.63, 3.8) is 0 Å². The van der Waals surface area contributed by atoms with Gasteiger partial charge in [0.1, 0.15) is 0 Å². The predicted molar refractivity (Wildman–Crippen MR) is 102 cm³/mol. The Kier molecular flexibility index (Phi) is 20.8. The van der Waals surface area contributed by atoms with E-state index in [1.54, 1.807) is 6.20 Å². The molecule has 1 rings (SSSR count). The largest absolute Gasteiger partial charge is 0.272 e. The third-order valence-corrected chi connectivity index (χ3v) is 2.09. The Hall–Kier alpha value is -1.89. The van der Waals surface area contributed by atoms with Gasteiger partial charge in [-0.15, -0.1) is 0 Å². The van der Waals surface area contributed by atoms with E-state index >= 15 is 0 Å². The molecule has 0 N–H and O–H groups in total. The zero-order valence-electron chi connectivity index (χ0n) is 15.0. The normalized spacial score (nSPS) is 9.86. The van der Waals surface area contributed by atoms with Crippen molar-refractivity contribution in [3.8, 4) is 0 Å². The van der Waals surface area contributed by atoms with Crippen molar-refractivity contribution in [3.05, 3.63) is 58.6 Å². The Bertz CT molecular complexity index is 507. The quantitative estimate of drug-likeness (QED) is 0.540. The first-order valence-electron chi connectivity index (χ1n) is 7.72. The lowest BCUT2D eigenvalue weighted by Gasteiger charge is -1.98. The van der Waals surface area contributed by atoms with Crippen molar-refractivity contribution < 1.29 is 0 Å². The highest BCUT2D eigenvalue weighted by atomic mass is 14.6. The van der Waals surface area contributed by atoms with Crippen molar-refractivity contribution in [2.45, 2.75) is 48.5 Å². The molecule has 0 spiro atoms. The molecule has 1 aromatic carbocycles. The summed E-state index contributed by atoms with van der Waals surface area (Å²) in [5.74, 6) is 0. The highest BCUT2D eigenvalue weighted by Gasteiger charge is 1.92. The smallest absolute Gasteiger partial charge is 0.0335 e. The average Bonchev–Trinajstić information content (AvgIpc) is 2.54. The first kappa shape index (κ1) is 24.1. The minimum Gasteiger partial charge on any atom is -0.272 e. The molecule has 0 aliphatic heterocycles. The van der Waals surface area contributed by atoms with E-state index in [0.29, 0.717) is 0 Å². The van der Waals surface area contributed by atoms with Crippen molar-refractivity contribution in [2.24, 2.45) is 4.99 Å². The fraction of sp³-hybridized carbons (Fsp3) is 0.350. The molecule has 0 unspecified atom stereocenters. The molecule has 0 fully saturated rings. The first-order chi connectivity index (χ1) is 10.1. The maximum absolute atomic E-state index is 3.96. The van der Waals surface area contributed by atoms with Gasteiger partial charge in [-0.1, -0.05) is 79.0 Å². The number of hydrogen-bond acceptors (Lipinski definition) is 1. The molecular formula is C20H33N. The van der Waals surface area contributed by atoms with Crippen LogP contribution in [0, 0.1) is 0 Å². The van der Waals surface area contributed by atoms with Gasteiger partial charge in [0.05, 0.1) is 0 Å². The maximum Gasteiger partial charge on any atom is 0.0335 e. The van der Waals surface area contributed by atoms with E-state index in [0.717, 1.165) is 21.6 Å². The molecular weight excluding hydrogens is 254 g/mol. The summed E-state index contributed by atoms with van der Waals surface area (Å²) in [4.78, 5) is 3.76. The monoisotopic (exact) mass is 287 g/mol. The second-order valence-electron chi connectivity index (χ2n) is 3.39. The molecule has 1 nitrogen and oxygen atoms in total. The number of rotatable bonds is 3. The van der Waals surface area contributed by atoms with Gasteiger partial charge in [0.15, 0.2) is 0 Å². The molecule has 0 aliphatic carbocycles. The number of hydrogen-bond donors (Lipinski definition) is 0. The minimum absolute atomic E-state index is 0.964. The van der Waals surface area contributed by atoms with Gasteiger partial charge in [0.2, 0.25) is 0 Å². The van der Waals surface area contributed by atoms with Gasteiger partial charge in [0, 0.05) is 6.20 Å². The molecule has 0 aliphatic rings. The third-order valence-electron chi connectivity index (χ3n) is 2.09. The molecule has 0 heterocycles. The van der Waals surface area contributed by atoms with Gasteiger partial charge in [-0.05, 0) is 41.3 Å². The first-order valence-corrected chi connectivity index (χ1v) is 7.72. The van der Waals surface area contributed by atoms with Crippen LogP contribution in [0.25, 0.3) is 12.7 Å². The van der Waals surface area contributed by atoms with Gasteiger partial charge < -0.3 is 0 Å². The van der Waals surface area contributed by atoms with Crippen LogP contribution in [0.1, 0.15) is 48.5 Å². The van der Waals surface area contributed by atoms with Crippen molar-refractivity contribution in [2.75, 3.05) is 0 Å². The minimum atomic E-state index is 0.964. The summed E-state index contributed by atoms with van der Waals surface area (Å²) >= 11 is 0. The second-order valence-corrected chi connectivity index (χ2v) is 3.39. The summed E-state index contributed by atoms with van der Waals surface area (Å²) < 4.78 is 0. The van der Waals surface area contributed by atoms with E-state index in [1.807, 2.05) is 78.8 Å². The highest BCUT2D eigenvalue weighted by molar-refractivity contribution is 5.56. The standard InChI is InChI=1S/C14H15N.3C2H6/c1-11(2)14(10-15-4)9-13-8-6-5-7-12(13)3;3*1-2/h5-10H,1,3-4H2,2H3;3*1-2H3/b13-9-,14-10-;;;. The Morgan fingerprint density at radius 2 is 1.48 bits per heavy atom. The van der Waals surface area contributed by atoms with Crippen LogP contribution in [-0.4, -0.2) is 6.72 Å². The summed E-state index contributed by atoms with van der Waals surface area (Å²) in [5, 5.41) is 2.07. The van der Waals surface area contributed by atoms with Crippen molar-refractivity contribution in [1.29, 1.82) is 0 Å². The summed E-state index contributed by atoms with van der Waals surface area (Å²) in [6, 6.07) is 7.94. The van der Waals surface area contributed by atoms with Crippen LogP contribution in [-0.2, 0) is 0 Å². The highest BCUT2D eigenvalue weighted by Crippen LogP contribution is 2.07. The van der Waals surface area contributed by atoms with Gasteiger partial charge in [-0.25, -0.2) is 0 Å². The molecule has 0 amide bonds. The molecule has 0 radical (unpaired) electrons. The van der Waals surface area contributed by atoms with Crippen LogP contribution in [0.5, 0.6) is 0 Å². The maximum atomic E-state index is 3.96. The SMILES string of the molecule is C=N/C=C(/C=c1/ccccc1=C)C(=C)C.CC.CC.CC. The van der Waals surface area contributed by atoms with E-state index in [1.165, 1.54) is 0 Å². The van der Waals surface area contributed by atoms with E-state index < -0.39 is 0 Å². The molecule has 0 saturated heterocycles.